The van der Waals surface area contributed by atoms with E-state index < -0.39 is 0 Å². The lowest BCUT2D eigenvalue weighted by atomic mass is 10.1. The van der Waals surface area contributed by atoms with Crippen LogP contribution in [0.25, 0.3) is 16.9 Å². The van der Waals surface area contributed by atoms with E-state index in [9.17, 15) is 0 Å². The number of ether oxygens (including phenoxy) is 1. The lowest BCUT2D eigenvalue weighted by Crippen LogP contribution is -2.03. The van der Waals surface area contributed by atoms with E-state index in [1.165, 1.54) is 11.1 Å². The number of benzene rings is 2. The molecule has 0 atom stereocenters. The van der Waals surface area contributed by atoms with Crippen LogP contribution in [0.5, 0.6) is 5.75 Å². The molecule has 1 heterocycles. The zero-order valence-electron chi connectivity index (χ0n) is 13.7. The van der Waals surface area contributed by atoms with Crippen molar-refractivity contribution in [3.63, 3.8) is 0 Å². The minimum Gasteiger partial charge on any atom is -0.496 e. The van der Waals surface area contributed by atoms with Crippen LogP contribution in [-0.4, -0.2) is 16.9 Å². The molecule has 4 heteroatoms. The summed E-state index contributed by atoms with van der Waals surface area (Å²) in [5, 5.41) is 4.66. The predicted octanol–water partition coefficient (Wildman–Crippen LogP) is 3.62. The van der Waals surface area contributed by atoms with Crippen molar-refractivity contribution in [1.29, 1.82) is 0 Å². The fourth-order valence-corrected chi connectivity index (χ4v) is 2.63. The molecular weight excluding hydrogens is 286 g/mol. The number of aromatic nitrogens is 2. The van der Waals surface area contributed by atoms with Gasteiger partial charge in [0.15, 0.2) is 0 Å². The summed E-state index contributed by atoms with van der Waals surface area (Å²) >= 11 is 0. The molecule has 3 aromatic rings. The maximum Gasteiger partial charge on any atom is 0.128 e. The maximum absolute atomic E-state index is 5.81. The summed E-state index contributed by atoms with van der Waals surface area (Å²) < 4.78 is 7.44. The van der Waals surface area contributed by atoms with Gasteiger partial charge in [0.05, 0.1) is 24.2 Å². The standard InChI is InChI=1S/C19H21N3O/c1-13-8-9-16(10-14(13)2)22-18(11-15(12-20)21-22)17-6-4-5-7-19(17)23-3/h4-11H,12,20H2,1-3H3. The van der Waals surface area contributed by atoms with Crippen molar-refractivity contribution in [1.82, 2.24) is 9.78 Å². The Labute approximate surface area is 136 Å². The van der Waals surface area contributed by atoms with E-state index in [1.807, 2.05) is 35.0 Å². The molecule has 0 spiro atoms. The third kappa shape index (κ3) is 2.85. The van der Waals surface area contributed by atoms with Gasteiger partial charge in [0.2, 0.25) is 0 Å². The van der Waals surface area contributed by atoms with Gasteiger partial charge >= 0.3 is 0 Å². The van der Waals surface area contributed by atoms with Gasteiger partial charge in [-0.2, -0.15) is 5.10 Å². The van der Waals surface area contributed by atoms with Gasteiger partial charge in [0.25, 0.3) is 0 Å². The summed E-state index contributed by atoms with van der Waals surface area (Å²) in [6.45, 7) is 4.61. The van der Waals surface area contributed by atoms with Gasteiger partial charge in [-0.25, -0.2) is 4.68 Å². The number of rotatable bonds is 4. The highest BCUT2D eigenvalue weighted by Gasteiger charge is 2.15. The van der Waals surface area contributed by atoms with Crippen LogP contribution < -0.4 is 10.5 Å². The van der Waals surface area contributed by atoms with Gasteiger partial charge in [-0.05, 0) is 55.3 Å². The second-order valence-corrected chi connectivity index (χ2v) is 5.61. The van der Waals surface area contributed by atoms with E-state index in [4.69, 9.17) is 10.5 Å². The fourth-order valence-electron chi connectivity index (χ4n) is 2.63. The quantitative estimate of drug-likeness (QED) is 0.801. The molecule has 0 bridgehead atoms. The van der Waals surface area contributed by atoms with Crippen LogP contribution in [0, 0.1) is 13.8 Å². The van der Waals surface area contributed by atoms with Gasteiger partial charge in [0, 0.05) is 12.1 Å². The van der Waals surface area contributed by atoms with Crippen molar-refractivity contribution in [2.45, 2.75) is 20.4 Å². The minimum atomic E-state index is 0.403. The normalized spacial score (nSPS) is 10.8. The number of nitrogens with zero attached hydrogens (tertiary/aromatic N) is 2. The summed E-state index contributed by atoms with van der Waals surface area (Å²) in [5.41, 5.74) is 12.2. The first-order valence-electron chi connectivity index (χ1n) is 7.64. The molecular formula is C19H21N3O. The number of aryl methyl sites for hydroxylation is 2. The van der Waals surface area contributed by atoms with E-state index in [-0.39, 0.29) is 0 Å². The van der Waals surface area contributed by atoms with Gasteiger partial charge in [0.1, 0.15) is 5.75 Å². The number of hydrogen-bond acceptors (Lipinski definition) is 3. The highest BCUT2D eigenvalue weighted by molar-refractivity contribution is 5.69. The molecule has 0 aliphatic heterocycles. The Hall–Kier alpha value is -2.59. The largest absolute Gasteiger partial charge is 0.496 e. The molecule has 0 saturated carbocycles. The van der Waals surface area contributed by atoms with Gasteiger partial charge in [-0.3, -0.25) is 0 Å². The van der Waals surface area contributed by atoms with Crippen molar-refractivity contribution in [2.24, 2.45) is 5.73 Å². The summed E-state index contributed by atoms with van der Waals surface area (Å²) in [5.74, 6) is 0.820. The van der Waals surface area contributed by atoms with Crippen molar-refractivity contribution < 1.29 is 4.74 Å². The smallest absolute Gasteiger partial charge is 0.128 e. The molecule has 0 saturated heterocycles. The third-order valence-corrected chi connectivity index (χ3v) is 4.09. The lowest BCUT2D eigenvalue weighted by Gasteiger charge is -2.12. The maximum atomic E-state index is 5.81. The van der Waals surface area contributed by atoms with E-state index >= 15 is 0 Å². The van der Waals surface area contributed by atoms with Crippen molar-refractivity contribution in [2.75, 3.05) is 7.11 Å². The average Bonchev–Trinajstić information content (AvgIpc) is 3.01. The van der Waals surface area contributed by atoms with Gasteiger partial charge in [-0.1, -0.05) is 18.2 Å². The van der Waals surface area contributed by atoms with E-state index in [2.05, 4.69) is 37.1 Å². The Morgan fingerprint density at radius 1 is 1.04 bits per heavy atom. The SMILES string of the molecule is COc1ccccc1-c1cc(CN)nn1-c1ccc(C)c(C)c1. The lowest BCUT2D eigenvalue weighted by molar-refractivity contribution is 0.416. The molecule has 0 radical (unpaired) electrons. The minimum absolute atomic E-state index is 0.403. The molecule has 4 nitrogen and oxygen atoms in total. The molecule has 23 heavy (non-hydrogen) atoms. The molecule has 2 aromatic carbocycles. The Morgan fingerprint density at radius 3 is 2.52 bits per heavy atom. The summed E-state index contributed by atoms with van der Waals surface area (Å²) in [7, 11) is 1.68. The zero-order chi connectivity index (χ0) is 16.4. The Balaban J connectivity index is 2.21. The monoisotopic (exact) mass is 307 g/mol. The fraction of sp³-hybridized carbons (Fsp3) is 0.211. The van der Waals surface area contributed by atoms with E-state index in [0.29, 0.717) is 6.54 Å². The third-order valence-electron chi connectivity index (χ3n) is 4.09. The highest BCUT2D eigenvalue weighted by atomic mass is 16.5. The van der Waals surface area contributed by atoms with Crippen LogP contribution in [0.3, 0.4) is 0 Å². The topological polar surface area (TPSA) is 53.1 Å². The number of methoxy groups -OCH3 is 1. The first-order valence-corrected chi connectivity index (χ1v) is 7.64. The van der Waals surface area contributed by atoms with Crippen LogP contribution in [0.4, 0.5) is 0 Å². The number of hydrogen-bond donors (Lipinski definition) is 1. The van der Waals surface area contributed by atoms with Crippen molar-refractivity contribution in [3.8, 4) is 22.7 Å². The van der Waals surface area contributed by atoms with Crippen LogP contribution in [-0.2, 0) is 6.54 Å². The Kier molecular flexibility index (Phi) is 4.17. The molecule has 118 valence electrons. The Bertz CT molecular complexity index is 836. The molecule has 3 rings (SSSR count). The zero-order valence-corrected chi connectivity index (χ0v) is 13.7. The van der Waals surface area contributed by atoms with Crippen LogP contribution in [0.1, 0.15) is 16.8 Å². The predicted molar refractivity (Wildman–Crippen MR) is 92.9 cm³/mol. The summed E-state index contributed by atoms with van der Waals surface area (Å²) in [6, 6.07) is 16.3. The van der Waals surface area contributed by atoms with Crippen molar-refractivity contribution in [3.05, 3.63) is 65.4 Å². The van der Waals surface area contributed by atoms with E-state index in [0.717, 1.165) is 28.4 Å². The molecule has 0 aliphatic rings. The van der Waals surface area contributed by atoms with Crippen LogP contribution >= 0.6 is 0 Å². The number of para-hydroxylation sites is 1. The second kappa shape index (κ2) is 6.26. The summed E-state index contributed by atoms with van der Waals surface area (Å²) in [4.78, 5) is 0. The van der Waals surface area contributed by atoms with Crippen molar-refractivity contribution >= 4 is 0 Å². The van der Waals surface area contributed by atoms with Crippen LogP contribution in [0.2, 0.25) is 0 Å². The van der Waals surface area contributed by atoms with Gasteiger partial charge < -0.3 is 10.5 Å². The van der Waals surface area contributed by atoms with Gasteiger partial charge in [-0.15, -0.1) is 0 Å². The highest BCUT2D eigenvalue weighted by Crippen LogP contribution is 2.32. The first-order chi connectivity index (χ1) is 11.1. The molecule has 0 amide bonds. The molecule has 1 aromatic heterocycles. The number of nitrogens with two attached hydrogens (primary N) is 1. The molecule has 0 aliphatic carbocycles. The first kappa shape index (κ1) is 15.3. The average molecular weight is 307 g/mol. The molecule has 2 N–H and O–H groups in total. The Morgan fingerprint density at radius 2 is 1.83 bits per heavy atom. The van der Waals surface area contributed by atoms with E-state index in [1.54, 1.807) is 7.11 Å². The summed E-state index contributed by atoms with van der Waals surface area (Å²) in [6.07, 6.45) is 0. The second-order valence-electron chi connectivity index (χ2n) is 5.61. The molecule has 0 unspecified atom stereocenters. The van der Waals surface area contributed by atoms with Crippen LogP contribution in [0.15, 0.2) is 48.5 Å². The molecule has 0 fully saturated rings.